The van der Waals surface area contributed by atoms with E-state index in [4.69, 9.17) is 15.0 Å². The molecule has 0 bridgehead atoms. The molecule has 2 aliphatic rings. The molecule has 0 saturated carbocycles. The molecular weight excluding hydrogens is 328 g/mol. The largest absolute Gasteiger partial charge is 0.453 e. The Hall–Kier alpha value is -0.0100. The van der Waals surface area contributed by atoms with Crippen molar-refractivity contribution in [1.82, 2.24) is 5.43 Å². The van der Waals surface area contributed by atoms with Crippen LogP contribution in [-0.4, -0.2) is 23.7 Å². The van der Waals surface area contributed by atoms with Crippen LogP contribution in [0.1, 0.15) is 31.1 Å². The minimum atomic E-state index is 0.0673. The minimum Gasteiger partial charge on any atom is -0.453 e. The SMILES string of the molecule is NNC(c1ccc(Br)o1)C1CCOC2(CCSC2)C1. The molecule has 0 aromatic carbocycles. The van der Waals surface area contributed by atoms with Crippen molar-refractivity contribution >= 4 is 27.7 Å². The van der Waals surface area contributed by atoms with Gasteiger partial charge in [-0.25, -0.2) is 5.43 Å². The molecule has 106 valence electrons. The molecule has 3 rings (SSSR count). The molecule has 3 atom stereocenters. The maximum absolute atomic E-state index is 6.06. The fourth-order valence-electron chi connectivity index (χ4n) is 3.16. The van der Waals surface area contributed by atoms with Gasteiger partial charge in [-0.05, 0) is 59.0 Å². The number of nitrogens with two attached hydrogens (primary N) is 1. The molecule has 0 radical (unpaired) electrons. The third-order valence-corrected chi connectivity index (χ3v) is 5.80. The fourth-order valence-corrected chi connectivity index (χ4v) is 4.86. The van der Waals surface area contributed by atoms with Crippen LogP contribution in [0.2, 0.25) is 0 Å². The second-order valence-corrected chi connectivity index (χ2v) is 7.26. The second-order valence-electron chi connectivity index (χ2n) is 5.37. The van der Waals surface area contributed by atoms with Crippen LogP contribution in [0.3, 0.4) is 0 Å². The van der Waals surface area contributed by atoms with E-state index in [0.29, 0.717) is 5.92 Å². The van der Waals surface area contributed by atoms with Crippen LogP contribution in [0.4, 0.5) is 0 Å². The van der Waals surface area contributed by atoms with E-state index in [1.165, 1.54) is 5.75 Å². The summed E-state index contributed by atoms with van der Waals surface area (Å²) < 4.78 is 12.5. The lowest BCUT2D eigenvalue weighted by Gasteiger charge is -2.40. The van der Waals surface area contributed by atoms with Gasteiger partial charge in [-0.1, -0.05) is 0 Å². The number of hydrogen-bond donors (Lipinski definition) is 2. The van der Waals surface area contributed by atoms with Crippen LogP contribution in [-0.2, 0) is 4.74 Å². The number of rotatable bonds is 3. The first-order chi connectivity index (χ1) is 9.22. The van der Waals surface area contributed by atoms with Crippen molar-refractivity contribution in [2.24, 2.45) is 11.8 Å². The van der Waals surface area contributed by atoms with E-state index in [1.807, 2.05) is 23.9 Å². The molecule has 3 N–H and O–H groups in total. The highest BCUT2D eigenvalue weighted by Crippen LogP contribution is 2.44. The predicted octanol–water partition coefficient (Wildman–Crippen LogP) is 2.85. The van der Waals surface area contributed by atoms with Gasteiger partial charge < -0.3 is 9.15 Å². The normalized spacial score (nSPS) is 32.8. The molecule has 2 aliphatic heterocycles. The Kier molecular flexibility index (Phi) is 4.24. The second kappa shape index (κ2) is 5.77. The Balaban J connectivity index is 1.76. The summed E-state index contributed by atoms with van der Waals surface area (Å²) in [5, 5.41) is 0. The Morgan fingerprint density at radius 1 is 1.53 bits per heavy atom. The molecule has 1 aromatic heterocycles. The molecule has 0 aliphatic carbocycles. The summed E-state index contributed by atoms with van der Waals surface area (Å²) >= 11 is 5.34. The first-order valence-electron chi connectivity index (χ1n) is 6.65. The molecule has 4 nitrogen and oxygen atoms in total. The molecule has 2 fully saturated rings. The third kappa shape index (κ3) is 2.88. The van der Waals surface area contributed by atoms with Gasteiger partial charge in [-0.3, -0.25) is 5.84 Å². The number of ether oxygens (including phenoxy) is 1. The molecule has 0 amide bonds. The molecular formula is C13H19BrN2O2S. The molecule has 19 heavy (non-hydrogen) atoms. The van der Waals surface area contributed by atoms with Gasteiger partial charge in [0.2, 0.25) is 0 Å². The monoisotopic (exact) mass is 346 g/mol. The number of halogens is 1. The van der Waals surface area contributed by atoms with Gasteiger partial charge >= 0.3 is 0 Å². The standard InChI is InChI=1S/C13H19BrN2O2S/c14-11-2-1-10(18-11)12(16-15)9-3-5-17-13(7-9)4-6-19-8-13/h1-2,9,12,16H,3-8,15H2. The highest BCUT2D eigenvalue weighted by atomic mass is 79.9. The van der Waals surface area contributed by atoms with E-state index in [0.717, 1.165) is 42.1 Å². The molecule has 3 unspecified atom stereocenters. The highest BCUT2D eigenvalue weighted by Gasteiger charge is 2.43. The lowest BCUT2D eigenvalue weighted by molar-refractivity contribution is -0.0864. The average Bonchev–Trinajstić information content (AvgIpc) is 3.01. The summed E-state index contributed by atoms with van der Waals surface area (Å²) in [6.45, 7) is 0.825. The number of nitrogens with one attached hydrogen (secondary N) is 1. The molecule has 2 saturated heterocycles. The van der Waals surface area contributed by atoms with Crippen molar-refractivity contribution in [1.29, 1.82) is 0 Å². The lowest BCUT2D eigenvalue weighted by Crippen LogP contribution is -2.45. The summed E-state index contributed by atoms with van der Waals surface area (Å²) in [6.07, 6.45) is 3.25. The van der Waals surface area contributed by atoms with Crippen molar-refractivity contribution in [3.63, 3.8) is 0 Å². The lowest BCUT2D eigenvalue weighted by atomic mass is 9.80. The zero-order chi connectivity index (χ0) is 13.3. The Morgan fingerprint density at radius 2 is 2.42 bits per heavy atom. The zero-order valence-electron chi connectivity index (χ0n) is 10.7. The summed E-state index contributed by atoms with van der Waals surface area (Å²) in [7, 11) is 0. The zero-order valence-corrected chi connectivity index (χ0v) is 13.1. The van der Waals surface area contributed by atoms with Crippen molar-refractivity contribution in [2.45, 2.75) is 30.9 Å². The number of hydrogen-bond acceptors (Lipinski definition) is 5. The summed E-state index contributed by atoms with van der Waals surface area (Å²) in [5.41, 5.74) is 3.01. The smallest absolute Gasteiger partial charge is 0.169 e. The van der Waals surface area contributed by atoms with Gasteiger partial charge in [0.15, 0.2) is 4.67 Å². The predicted molar refractivity (Wildman–Crippen MR) is 79.8 cm³/mol. The van der Waals surface area contributed by atoms with E-state index in [2.05, 4.69) is 21.4 Å². The van der Waals surface area contributed by atoms with Crippen LogP contribution in [0.25, 0.3) is 0 Å². The maximum atomic E-state index is 6.06. The van der Waals surface area contributed by atoms with E-state index in [9.17, 15) is 0 Å². The quantitative estimate of drug-likeness (QED) is 0.650. The van der Waals surface area contributed by atoms with Gasteiger partial charge in [-0.15, -0.1) is 0 Å². The van der Waals surface area contributed by atoms with Gasteiger partial charge in [0.1, 0.15) is 5.76 Å². The molecule has 1 aromatic rings. The maximum Gasteiger partial charge on any atom is 0.169 e. The van der Waals surface area contributed by atoms with E-state index < -0.39 is 0 Å². The van der Waals surface area contributed by atoms with Crippen molar-refractivity contribution in [2.75, 3.05) is 18.1 Å². The molecule has 3 heterocycles. The summed E-state index contributed by atoms with van der Waals surface area (Å²) in [4.78, 5) is 0. The Bertz CT molecular complexity index is 434. The average molecular weight is 347 g/mol. The van der Waals surface area contributed by atoms with Crippen LogP contribution >= 0.6 is 27.7 Å². The van der Waals surface area contributed by atoms with Crippen LogP contribution in [0.15, 0.2) is 21.2 Å². The number of furan rings is 1. The Morgan fingerprint density at radius 3 is 3.05 bits per heavy atom. The van der Waals surface area contributed by atoms with Crippen LogP contribution in [0, 0.1) is 5.92 Å². The number of hydrazine groups is 1. The van der Waals surface area contributed by atoms with Crippen LogP contribution in [0.5, 0.6) is 0 Å². The third-order valence-electron chi connectivity index (χ3n) is 4.15. The molecule has 6 heteroatoms. The highest BCUT2D eigenvalue weighted by molar-refractivity contribution is 9.10. The van der Waals surface area contributed by atoms with Gasteiger partial charge in [0.05, 0.1) is 11.6 Å². The first kappa shape index (κ1) is 13.9. The van der Waals surface area contributed by atoms with E-state index in [-0.39, 0.29) is 11.6 Å². The summed E-state index contributed by atoms with van der Waals surface area (Å²) in [6, 6.07) is 3.97. The van der Waals surface area contributed by atoms with E-state index >= 15 is 0 Å². The number of thioether (sulfide) groups is 1. The van der Waals surface area contributed by atoms with Crippen molar-refractivity contribution in [3.8, 4) is 0 Å². The van der Waals surface area contributed by atoms with Gasteiger partial charge in [0, 0.05) is 12.4 Å². The topological polar surface area (TPSA) is 60.4 Å². The van der Waals surface area contributed by atoms with Crippen LogP contribution < -0.4 is 11.3 Å². The van der Waals surface area contributed by atoms with Gasteiger partial charge in [0.25, 0.3) is 0 Å². The minimum absolute atomic E-state index is 0.0673. The summed E-state index contributed by atoms with van der Waals surface area (Å²) in [5.74, 6) is 9.46. The first-order valence-corrected chi connectivity index (χ1v) is 8.60. The Labute approximate surface area is 125 Å². The molecule has 1 spiro atoms. The van der Waals surface area contributed by atoms with E-state index in [1.54, 1.807) is 0 Å². The fraction of sp³-hybridized carbons (Fsp3) is 0.692. The van der Waals surface area contributed by atoms with Crippen molar-refractivity contribution in [3.05, 3.63) is 22.6 Å². The van der Waals surface area contributed by atoms with Gasteiger partial charge in [-0.2, -0.15) is 11.8 Å². The van der Waals surface area contributed by atoms with Crippen molar-refractivity contribution < 1.29 is 9.15 Å².